The average molecular weight is 245 g/mol. The van der Waals surface area contributed by atoms with Crippen molar-refractivity contribution in [3.05, 3.63) is 35.4 Å². The van der Waals surface area contributed by atoms with Gasteiger partial charge in [-0.25, -0.2) is 0 Å². The summed E-state index contributed by atoms with van der Waals surface area (Å²) in [5.41, 5.74) is 3.21. The molecule has 0 saturated heterocycles. The van der Waals surface area contributed by atoms with Crippen molar-refractivity contribution in [3.8, 4) is 0 Å². The van der Waals surface area contributed by atoms with Crippen LogP contribution in [0, 0.1) is 13.8 Å². The molecule has 0 bridgehead atoms. The predicted molar refractivity (Wildman–Crippen MR) is 68.9 cm³/mol. The largest absolute Gasteiger partial charge is 0.319 e. The first-order valence-electron chi connectivity index (χ1n) is 5.56. The van der Waals surface area contributed by atoms with Gasteiger partial charge in [0.05, 0.1) is 22.8 Å². The number of aromatic amines is 1. The summed E-state index contributed by atoms with van der Waals surface area (Å²) in [6, 6.07) is 1.83. The number of rotatable bonds is 3. The summed E-state index contributed by atoms with van der Waals surface area (Å²) < 4.78 is 1.69. The van der Waals surface area contributed by atoms with Crippen molar-refractivity contribution in [3.63, 3.8) is 0 Å². The van der Waals surface area contributed by atoms with Gasteiger partial charge in [-0.1, -0.05) is 0 Å². The normalized spacial score (nSPS) is 11.1. The first kappa shape index (κ1) is 12.1. The van der Waals surface area contributed by atoms with Crippen LogP contribution in [0.15, 0.2) is 18.3 Å². The lowest BCUT2D eigenvalue weighted by atomic mass is 10.3. The molecule has 0 saturated carbocycles. The zero-order valence-corrected chi connectivity index (χ0v) is 10.6. The lowest BCUT2D eigenvalue weighted by molar-refractivity contribution is -0.111. The highest BCUT2D eigenvalue weighted by Gasteiger charge is 2.07. The number of nitrogens with one attached hydrogen (secondary N) is 2. The van der Waals surface area contributed by atoms with Crippen LogP contribution in [0.25, 0.3) is 6.08 Å². The Bertz CT molecular complexity index is 574. The van der Waals surface area contributed by atoms with E-state index in [2.05, 4.69) is 20.6 Å². The van der Waals surface area contributed by atoms with E-state index in [0.717, 1.165) is 22.8 Å². The Hall–Kier alpha value is -2.37. The number of hydrogen-bond donors (Lipinski definition) is 2. The fourth-order valence-electron chi connectivity index (χ4n) is 1.61. The molecular formula is C12H15N5O. The van der Waals surface area contributed by atoms with Crippen LogP contribution in [0.3, 0.4) is 0 Å². The Labute approximate surface area is 105 Å². The smallest absolute Gasteiger partial charge is 0.248 e. The molecule has 0 atom stereocenters. The molecule has 0 unspecified atom stereocenters. The van der Waals surface area contributed by atoms with Gasteiger partial charge in [0.2, 0.25) is 5.91 Å². The fraction of sp³-hybridized carbons (Fsp3) is 0.250. The van der Waals surface area contributed by atoms with E-state index in [1.807, 2.05) is 27.0 Å². The average Bonchev–Trinajstić information content (AvgIpc) is 2.87. The van der Waals surface area contributed by atoms with Crippen LogP contribution >= 0.6 is 0 Å². The summed E-state index contributed by atoms with van der Waals surface area (Å²) in [6.07, 6.45) is 4.87. The standard InChI is InChI=1S/C12H15N5O/c1-8-12(9(2)16-15-8)14-11(18)5-4-10-6-7-13-17(10)3/h4-7H,1-3H3,(H,14,18)(H,15,16)/b5-4+. The third-order valence-corrected chi connectivity index (χ3v) is 2.64. The Morgan fingerprint density at radius 3 is 2.83 bits per heavy atom. The van der Waals surface area contributed by atoms with Gasteiger partial charge in [0.1, 0.15) is 0 Å². The summed E-state index contributed by atoms with van der Waals surface area (Å²) in [7, 11) is 1.82. The second-order valence-electron chi connectivity index (χ2n) is 4.01. The maximum Gasteiger partial charge on any atom is 0.248 e. The molecule has 2 aromatic rings. The third-order valence-electron chi connectivity index (χ3n) is 2.64. The molecule has 0 aliphatic rings. The SMILES string of the molecule is Cc1n[nH]c(C)c1NC(=O)/C=C/c1ccnn1C. The Balaban J connectivity index is 2.06. The van der Waals surface area contributed by atoms with Crippen molar-refractivity contribution < 1.29 is 4.79 Å². The van der Waals surface area contributed by atoms with E-state index in [1.54, 1.807) is 17.0 Å². The maximum absolute atomic E-state index is 11.8. The first-order chi connectivity index (χ1) is 8.58. The van der Waals surface area contributed by atoms with Gasteiger partial charge >= 0.3 is 0 Å². The Kier molecular flexibility index (Phi) is 3.27. The molecule has 0 fully saturated rings. The van der Waals surface area contributed by atoms with Crippen molar-refractivity contribution in [1.29, 1.82) is 0 Å². The van der Waals surface area contributed by atoms with Crippen LogP contribution in [0.4, 0.5) is 5.69 Å². The number of hydrogen-bond acceptors (Lipinski definition) is 3. The van der Waals surface area contributed by atoms with Crippen molar-refractivity contribution in [1.82, 2.24) is 20.0 Å². The molecule has 6 nitrogen and oxygen atoms in total. The minimum Gasteiger partial charge on any atom is -0.319 e. The molecule has 94 valence electrons. The lowest BCUT2D eigenvalue weighted by Gasteiger charge is -2.01. The molecule has 2 N–H and O–H groups in total. The van der Waals surface area contributed by atoms with E-state index in [-0.39, 0.29) is 5.91 Å². The molecular weight excluding hydrogens is 230 g/mol. The number of carbonyl (C=O) groups is 1. The van der Waals surface area contributed by atoms with E-state index < -0.39 is 0 Å². The monoisotopic (exact) mass is 245 g/mol. The highest BCUT2D eigenvalue weighted by atomic mass is 16.1. The second kappa shape index (κ2) is 4.87. The fourth-order valence-corrected chi connectivity index (χ4v) is 1.61. The first-order valence-corrected chi connectivity index (χ1v) is 5.56. The van der Waals surface area contributed by atoms with Gasteiger partial charge in [-0.2, -0.15) is 10.2 Å². The predicted octanol–water partition coefficient (Wildman–Crippen LogP) is 1.41. The lowest BCUT2D eigenvalue weighted by Crippen LogP contribution is -2.09. The van der Waals surface area contributed by atoms with E-state index in [9.17, 15) is 4.79 Å². The number of H-pyrrole nitrogens is 1. The van der Waals surface area contributed by atoms with E-state index in [4.69, 9.17) is 0 Å². The minimum atomic E-state index is -0.191. The van der Waals surface area contributed by atoms with Crippen LogP contribution in [-0.4, -0.2) is 25.9 Å². The molecule has 0 spiro atoms. The molecule has 2 heterocycles. The summed E-state index contributed by atoms with van der Waals surface area (Å²) in [5, 5.41) is 13.6. The van der Waals surface area contributed by atoms with Gasteiger partial charge in [-0.3, -0.25) is 14.6 Å². The number of amides is 1. The van der Waals surface area contributed by atoms with Crippen molar-refractivity contribution in [2.24, 2.45) is 7.05 Å². The van der Waals surface area contributed by atoms with Crippen molar-refractivity contribution in [2.75, 3.05) is 5.32 Å². The molecule has 2 aromatic heterocycles. The van der Waals surface area contributed by atoms with E-state index >= 15 is 0 Å². The molecule has 0 aliphatic heterocycles. The molecule has 0 aliphatic carbocycles. The zero-order valence-electron chi connectivity index (χ0n) is 10.6. The topological polar surface area (TPSA) is 75.6 Å². The second-order valence-corrected chi connectivity index (χ2v) is 4.01. The molecule has 18 heavy (non-hydrogen) atoms. The number of anilines is 1. The summed E-state index contributed by atoms with van der Waals surface area (Å²) >= 11 is 0. The maximum atomic E-state index is 11.8. The number of aromatic nitrogens is 4. The van der Waals surface area contributed by atoms with E-state index in [1.165, 1.54) is 6.08 Å². The summed E-state index contributed by atoms with van der Waals surface area (Å²) in [6.45, 7) is 3.70. The molecule has 1 amide bonds. The van der Waals surface area contributed by atoms with Gasteiger partial charge in [0.15, 0.2) is 0 Å². The van der Waals surface area contributed by atoms with Crippen molar-refractivity contribution in [2.45, 2.75) is 13.8 Å². The highest BCUT2D eigenvalue weighted by molar-refractivity contribution is 6.02. The number of aryl methyl sites for hydroxylation is 3. The van der Waals surface area contributed by atoms with Crippen LogP contribution < -0.4 is 5.32 Å². The van der Waals surface area contributed by atoms with Crippen LogP contribution in [0.1, 0.15) is 17.1 Å². The molecule has 0 radical (unpaired) electrons. The van der Waals surface area contributed by atoms with Crippen LogP contribution in [0.2, 0.25) is 0 Å². The van der Waals surface area contributed by atoms with Crippen LogP contribution in [0.5, 0.6) is 0 Å². The molecule has 6 heteroatoms. The zero-order chi connectivity index (χ0) is 13.1. The highest BCUT2D eigenvalue weighted by Crippen LogP contribution is 2.15. The summed E-state index contributed by atoms with van der Waals surface area (Å²) in [5.74, 6) is -0.191. The summed E-state index contributed by atoms with van der Waals surface area (Å²) in [4.78, 5) is 11.8. The molecule has 2 rings (SSSR count). The van der Waals surface area contributed by atoms with E-state index in [0.29, 0.717) is 0 Å². The minimum absolute atomic E-state index is 0.191. The van der Waals surface area contributed by atoms with Gasteiger partial charge in [-0.05, 0) is 26.0 Å². The molecule has 0 aromatic carbocycles. The number of nitrogens with zero attached hydrogens (tertiary/aromatic N) is 3. The van der Waals surface area contributed by atoms with Crippen LogP contribution in [-0.2, 0) is 11.8 Å². The van der Waals surface area contributed by atoms with Gasteiger partial charge in [0, 0.05) is 19.3 Å². The Morgan fingerprint density at radius 2 is 2.28 bits per heavy atom. The quantitative estimate of drug-likeness (QED) is 0.803. The Morgan fingerprint density at radius 1 is 1.50 bits per heavy atom. The number of carbonyl (C=O) groups excluding carboxylic acids is 1. The van der Waals surface area contributed by atoms with Crippen molar-refractivity contribution >= 4 is 17.7 Å². The van der Waals surface area contributed by atoms with Gasteiger partial charge < -0.3 is 5.32 Å². The van der Waals surface area contributed by atoms with Gasteiger partial charge in [0.25, 0.3) is 0 Å². The van der Waals surface area contributed by atoms with Gasteiger partial charge in [-0.15, -0.1) is 0 Å². The third kappa shape index (κ3) is 2.48.